The van der Waals surface area contributed by atoms with E-state index in [4.69, 9.17) is 21.3 Å². The number of methoxy groups -OCH3 is 1. The van der Waals surface area contributed by atoms with Gasteiger partial charge in [-0.05, 0) is 36.4 Å². The topological polar surface area (TPSA) is 122 Å². The van der Waals surface area contributed by atoms with E-state index in [1.54, 1.807) is 43.6 Å². The smallest absolute Gasteiger partial charge is 0.329 e. The number of ether oxygens (including phenoxy) is 1. The predicted octanol–water partition coefficient (Wildman–Crippen LogP) is 3.11. The molecule has 2 saturated heterocycles. The summed E-state index contributed by atoms with van der Waals surface area (Å²) in [4.78, 5) is 39.7. The van der Waals surface area contributed by atoms with E-state index in [-0.39, 0.29) is 23.1 Å². The number of nitrogens with zero attached hydrogens (tertiary/aromatic N) is 4. The Bertz CT molecular complexity index is 1620. The molecule has 2 fully saturated rings. The Kier molecular flexibility index (Phi) is 6.20. The number of aromatic nitrogens is 2. The van der Waals surface area contributed by atoms with Crippen LogP contribution in [0, 0.1) is 0 Å². The standard InChI is InChI=1S/C25H22ClN5O5S2/c1-36-15-3-4-17(26)16(10-15)20-11-18-23(37-20)24(32)31(25(33)28-18)19-13-27-12-14-2-5-21(29-22(14)19)30-6-8-38(34,35)9-7-30/h2-5,10-13,18,23H,6-9H2,1H3,(H,28,33). The second-order valence-electron chi connectivity index (χ2n) is 9.10. The number of nitrogens with one attached hydrogen (secondary N) is 1. The van der Waals surface area contributed by atoms with E-state index in [0.29, 0.717) is 40.6 Å². The lowest BCUT2D eigenvalue weighted by molar-refractivity contribution is -0.118. The van der Waals surface area contributed by atoms with Crippen LogP contribution < -0.4 is 19.9 Å². The molecular weight excluding hydrogens is 550 g/mol. The van der Waals surface area contributed by atoms with Gasteiger partial charge >= 0.3 is 6.03 Å². The maximum atomic E-state index is 13.7. The quantitative estimate of drug-likeness (QED) is 0.503. The van der Waals surface area contributed by atoms with Crippen LogP contribution in [0.5, 0.6) is 5.75 Å². The Morgan fingerprint density at radius 2 is 1.92 bits per heavy atom. The highest BCUT2D eigenvalue weighted by Gasteiger charge is 2.46. The van der Waals surface area contributed by atoms with E-state index in [1.807, 2.05) is 11.0 Å². The zero-order valence-electron chi connectivity index (χ0n) is 20.1. The number of sulfone groups is 1. The highest BCUT2D eigenvalue weighted by atomic mass is 35.5. The van der Waals surface area contributed by atoms with E-state index in [2.05, 4.69) is 10.3 Å². The van der Waals surface area contributed by atoms with Crippen LogP contribution >= 0.6 is 23.4 Å². The SMILES string of the molecule is COc1ccc(Cl)c(C2=CC3NC(=O)N(c4cncc5ccc(N6CCS(=O)(=O)CC6)nc45)C(=O)C3S2)c1. The number of halogens is 1. The van der Waals surface area contributed by atoms with Crippen molar-refractivity contribution in [3.63, 3.8) is 0 Å². The zero-order chi connectivity index (χ0) is 26.6. The van der Waals surface area contributed by atoms with Crippen molar-refractivity contribution in [3.05, 3.63) is 59.4 Å². The van der Waals surface area contributed by atoms with Gasteiger partial charge in [0.2, 0.25) is 0 Å². The summed E-state index contributed by atoms with van der Waals surface area (Å²) in [5, 5.41) is 3.48. The Morgan fingerprint density at radius 3 is 2.68 bits per heavy atom. The van der Waals surface area contributed by atoms with Gasteiger partial charge in [-0.3, -0.25) is 9.78 Å². The largest absolute Gasteiger partial charge is 0.497 e. The minimum atomic E-state index is -3.05. The summed E-state index contributed by atoms with van der Waals surface area (Å²) in [7, 11) is -1.49. The maximum Gasteiger partial charge on any atom is 0.329 e. The van der Waals surface area contributed by atoms with Crippen LogP contribution in [-0.4, -0.2) is 73.3 Å². The molecule has 3 amide bonds. The Balaban J connectivity index is 1.32. The van der Waals surface area contributed by atoms with Gasteiger partial charge < -0.3 is 15.0 Å². The van der Waals surface area contributed by atoms with E-state index in [0.717, 1.165) is 15.4 Å². The monoisotopic (exact) mass is 571 g/mol. The van der Waals surface area contributed by atoms with E-state index >= 15 is 0 Å². The van der Waals surface area contributed by atoms with E-state index in [1.165, 1.54) is 18.0 Å². The summed E-state index contributed by atoms with van der Waals surface area (Å²) in [5.74, 6) is 0.924. The highest BCUT2D eigenvalue weighted by molar-refractivity contribution is 8.09. The van der Waals surface area contributed by atoms with Gasteiger partial charge in [0.25, 0.3) is 5.91 Å². The van der Waals surface area contributed by atoms with Crippen LogP contribution in [0.2, 0.25) is 5.02 Å². The molecular formula is C25H22ClN5O5S2. The number of thioether (sulfide) groups is 1. The number of imide groups is 1. The Hall–Kier alpha value is -3.35. The zero-order valence-corrected chi connectivity index (χ0v) is 22.5. The average Bonchev–Trinajstić information content (AvgIpc) is 3.33. The van der Waals surface area contributed by atoms with Gasteiger partial charge in [-0.2, -0.15) is 0 Å². The molecule has 38 heavy (non-hydrogen) atoms. The number of anilines is 2. The van der Waals surface area contributed by atoms with Crippen molar-refractivity contribution >= 4 is 72.5 Å². The molecule has 1 aromatic carbocycles. The lowest BCUT2D eigenvalue weighted by Gasteiger charge is -2.33. The molecule has 196 valence electrons. The molecule has 13 heteroatoms. The number of pyridine rings is 2. The molecule has 5 heterocycles. The first-order valence-electron chi connectivity index (χ1n) is 11.8. The van der Waals surface area contributed by atoms with Gasteiger partial charge in [-0.1, -0.05) is 11.6 Å². The molecule has 1 N–H and O–H groups in total. The van der Waals surface area contributed by atoms with Crippen LogP contribution in [-0.2, 0) is 14.6 Å². The van der Waals surface area contributed by atoms with Crippen molar-refractivity contribution in [2.75, 3.05) is 41.5 Å². The molecule has 2 aromatic heterocycles. The molecule has 0 aliphatic carbocycles. The molecule has 3 aromatic rings. The van der Waals surface area contributed by atoms with Gasteiger partial charge in [-0.25, -0.2) is 23.1 Å². The van der Waals surface area contributed by atoms with Gasteiger partial charge in [0.15, 0.2) is 9.84 Å². The van der Waals surface area contributed by atoms with Crippen LogP contribution in [0.1, 0.15) is 5.56 Å². The van der Waals surface area contributed by atoms with Crippen LogP contribution in [0.25, 0.3) is 15.8 Å². The third-order valence-corrected chi connectivity index (χ3v) is 10.1. The fourth-order valence-electron chi connectivity index (χ4n) is 4.76. The highest BCUT2D eigenvalue weighted by Crippen LogP contribution is 2.45. The minimum Gasteiger partial charge on any atom is -0.497 e. The van der Waals surface area contributed by atoms with Gasteiger partial charge in [0.1, 0.15) is 22.3 Å². The normalized spacial score (nSPS) is 22.7. The van der Waals surface area contributed by atoms with Gasteiger partial charge in [0, 0.05) is 40.2 Å². The van der Waals surface area contributed by atoms with Crippen molar-refractivity contribution in [3.8, 4) is 5.75 Å². The molecule has 2 unspecified atom stereocenters. The van der Waals surface area contributed by atoms with E-state index in [9.17, 15) is 18.0 Å². The summed E-state index contributed by atoms with van der Waals surface area (Å²) in [5.41, 5.74) is 1.42. The number of hydrogen-bond acceptors (Lipinski definition) is 9. The molecule has 3 aliphatic heterocycles. The molecule has 3 aliphatic rings. The number of amides is 3. The average molecular weight is 572 g/mol. The molecule has 0 spiro atoms. The molecule has 0 saturated carbocycles. The summed E-state index contributed by atoms with van der Waals surface area (Å²) in [6.07, 6.45) is 4.90. The number of rotatable bonds is 4. The number of urea groups is 1. The lowest BCUT2D eigenvalue weighted by Crippen LogP contribution is -2.60. The lowest BCUT2D eigenvalue weighted by atomic mass is 10.1. The molecule has 2 atom stereocenters. The third-order valence-electron chi connectivity index (χ3n) is 6.78. The molecule has 10 nitrogen and oxygen atoms in total. The number of fused-ring (bicyclic) bond motifs is 2. The van der Waals surface area contributed by atoms with E-state index < -0.39 is 27.2 Å². The number of carbonyl (C=O) groups is 2. The van der Waals surface area contributed by atoms with Gasteiger partial charge in [-0.15, -0.1) is 11.8 Å². The Labute approximate surface area is 227 Å². The Morgan fingerprint density at radius 1 is 1.13 bits per heavy atom. The minimum absolute atomic E-state index is 0.0515. The molecule has 0 radical (unpaired) electrons. The summed E-state index contributed by atoms with van der Waals surface area (Å²) in [6.45, 7) is 0.651. The summed E-state index contributed by atoms with van der Waals surface area (Å²) in [6, 6.07) is 7.81. The van der Waals surface area contributed by atoms with Crippen LogP contribution in [0.15, 0.2) is 48.8 Å². The fraction of sp³-hybridized carbons (Fsp3) is 0.280. The maximum absolute atomic E-state index is 13.7. The second kappa shape index (κ2) is 9.44. The van der Waals surface area contributed by atoms with Gasteiger partial charge in [0.05, 0.1) is 36.5 Å². The fourth-order valence-corrected chi connectivity index (χ4v) is 7.53. The van der Waals surface area contributed by atoms with Crippen LogP contribution in [0.4, 0.5) is 16.3 Å². The third kappa shape index (κ3) is 4.36. The predicted molar refractivity (Wildman–Crippen MR) is 148 cm³/mol. The van der Waals surface area contributed by atoms with Crippen molar-refractivity contribution in [1.29, 1.82) is 0 Å². The molecule has 0 bridgehead atoms. The summed E-state index contributed by atoms with van der Waals surface area (Å²) >= 11 is 7.76. The molecule has 6 rings (SSSR count). The first kappa shape index (κ1) is 25.0. The second-order valence-corrected chi connectivity index (χ2v) is 13.0. The van der Waals surface area contributed by atoms with Crippen molar-refractivity contribution in [2.24, 2.45) is 0 Å². The first-order chi connectivity index (χ1) is 18.2. The van der Waals surface area contributed by atoms with Crippen molar-refractivity contribution < 1.29 is 22.7 Å². The number of benzene rings is 1. The van der Waals surface area contributed by atoms with Crippen LogP contribution in [0.3, 0.4) is 0 Å². The summed E-state index contributed by atoms with van der Waals surface area (Å²) < 4.78 is 29.0. The van der Waals surface area contributed by atoms with Crippen molar-refractivity contribution in [2.45, 2.75) is 11.3 Å². The first-order valence-corrected chi connectivity index (χ1v) is 14.9. The number of hydrogen-bond donors (Lipinski definition) is 1. The van der Waals surface area contributed by atoms with Crippen molar-refractivity contribution in [1.82, 2.24) is 15.3 Å². The number of carbonyl (C=O) groups excluding carboxylic acids is 2.